The van der Waals surface area contributed by atoms with Gasteiger partial charge in [0.2, 0.25) is 0 Å². The summed E-state index contributed by atoms with van der Waals surface area (Å²) in [5.74, 6) is 0.760. The first-order valence-electron chi connectivity index (χ1n) is 8.21. The van der Waals surface area contributed by atoms with E-state index in [2.05, 4.69) is 31.0 Å². The highest BCUT2D eigenvalue weighted by molar-refractivity contribution is 4.91. The molecule has 2 aliphatic rings. The van der Waals surface area contributed by atoms with Gasteiger partial charge in [0, 0.05) is 31.2 Å². The maximum atomic E-state index is 3.76. The summed E-state index contributed by atoms with van der Waals surface area (Å²) in [6.07, 6.45) is 10.0. The largest absolute Gasteiger partial charge is 0.311 e. The van der Waals surface area contributed by atoms with Gasteiger partial charge in [0.1, 0.15) is 0 Å². The molecule has 0 aromatic rings. The molecule has 2 rings (SSSR count). The number of piperazine rings is 1. The normalized spacial score (nSPS) is 32.7. The molecule has 1 N–H and O–H groups in total. The summed E-state index contributed by atoms with van der Waals surface area (Å²) in [5.41, 5.74) is 0. The molecule has 0 spiro atoms. The van der Waals surface area contributed by atoms with Gasteiger partial charge in [-0.1, -0.05) is 46.5 Å². The van der Waals surface area contributed by atoms with Gasteiger partial charge < -0.3 is 5.32 Å². The molecule has 2 fully saturated rings. The van der Waals surface area contributed by atoms with E-state index >= 15 is 0 Å². The summed E-state index contributed by atoms with van der Waals surface area (Å²) < 4.78 is 0. The number of rotatable bonds is 3. The van der Waals surface area contributed by atoms with Crippen LogP contribution < -0.4 is 5.32 Å². The predicted octanol–water partition coefficient (Wildman–Crippen LogP) is 3.42. The topological polar surface area (TPSA) is 15.3 Å². The molecule has 1 heterocycles. The van der Waals surface area contributed by atoms with Gasteiger partial charge in [0.25, 0.3) is 0 Å². The van der Waals surface area contributed by atoms with Crippen LogP contribution in [0.2, 0.25) is 0 Å². The zero-order valence-corrected chi connectivity index (χ0v) is 12.6. The number of nitrogens with zero attached hydrogens (tertiary/aromatic N) is 1. The van der Waals surface area contributed by atoms with Crippen molar-refractivity contribution in [3.63, 3.8) is 0 Å². The van der Waals surface area contributed by atoms with Crippen molar-refractivity contribution < 1.29 is 0 Å². The number of hydrogen-bond acceptors (Lipinski definition) is 2. The number of hydrogen-bond donors (Lipinski definition) is 1. The Bertz CT molecular complexity index is 231. The van der Waals surface area contributed by atoms with Crippen molar-refractivity contribution in [2.24, 2.45) is 5.92 Å². The van der Waals surface area contributed by atoms with Crippen LogP contribution in [-0.4, -0.2) is 36.1 Å². The molecule has 1 saturated heterocycles. The second-order valence-corrected chi connectivity index (χ2v) is 6.66. The fourth-order valence-corrected chi connectivity index (χ4v) is 3.71. The summed E-state index contributed by atoms with van der Waals surface area (Å²) >= 11 is 0. The van der Waals surface area contributed by atoms with E-state index in [1.165, 1.54) is 58.0 Å². The third-order valence-corrected chi connectivity index (χ3v) is 5.06. The van der Waals surface area contributed by atoms with Gasteiger partial charge >= 0.3 is 0 Å². The van der Waals surface area contributed by atoms with Crippen molar-refractivity contribution in [2.75, 3.05) is 13.1 Å². The lowest BCUT2D eigenvalue weighted by molar-refractivity contribution is 0.0597. The molecular weight excluding hydrogens is 220 g/mol. The van der Waals surface area contributed by atoms with Crippen molar-refractivity contribution in [1.29, 1.82) is 0 Å². The van der Waals surface area contributed by atoms with Gasteiger partial charge in [0.05, 0.1) is 0 Å². The van der Waals surface area contributed by atoms with Gasteiger partial charge in [-0.2, -0.15) is 0 Å². The minimum Gasteiger partial charge on any atom is -0.311 e. The summed E-state index contributed by atoms with van der Waals surface area (Å²) in [4.78, 5) is 2.87. The van der Waals surface area contributed by atoms with Gasteiger partial charge in [-0.05, 0) is 25.2 Å². The maximum Gasteiger partial charge on any atom is 0.0221 e. The molecule has 0 radical (unpaired) electrons. The second kappa shape index (κ2) is 6.91. The summed E-state index contributed by atoms with van der Waals surface area (Å²) in [6, 6.07) is 2.36. The lowest BCUT2D eigenvalue weighted by Gasteiger charge is -2.45. The van der Waals surface area contributed by atoms with Gasteiger partial charge in [-0.3, -0.25) is 4.90 Å². The van der Waals surface area contributed by atoms with E-state index in [0.29, 0.717) is 6.04 Å². The minimum atomic E-state index is 0.705. The highest BCUT2D eigenvalue weighted by atomic mass is 15.3. The first kappa shape index (κ1) is 14.3. The first-order chi connectivity index (χ1) is 8.72. The summed E-state index contributed by atoms with van der Waals surface area (Å²) in [5, 5.41) is 3.76. The van der Waals surface area contributed by atoms with Crippen LogP contribution in [0.4, 0.5) is 0 Å². The Morgan fingerprint density at radius 1 is 1.11 bits per heavy atom. The van der Waals surface area contributed by atoms with Crippen molar-refractivity contribution in [1.82, 2.24) is 10.2 Å². The zero-order valence-electron chi connectivity index (χ0n) is 12.6. The van der Waals surface area contributed by atoms with Gasteiger partial charge in [0.15, 0.2) is 0 Å². The fraction of sp³-hybridized carbons (Fsp3) is 1.00. The van der Waals surface area contributed by atoms with Crippen molar-refractivity contribution >= 4 is 0 Å². The molecule has 0 aromatic carbocycles. The summed E-state index contributed by atoms with van der Waals surface area (Å²) in [6.45, 7) is 9.55. The quantitative estimate of drug-likeness (QED) is 0.774. The van der Waals surface area contributed by atoms with Gasteiger partial charge in [-0.25, -0.2) is 0 Å². The van der Waals surface area contributed by atoms with Crippen molar-refractivity contribution in [3.8, 4) is 0 Å². The molecule has 0 bridgehead atoms. The molecule has 1 saturated carbocycles. The standard InChI is InChI=1S/C16H32N2/c1-4-14-11-17-16(13(2)3)12-18(14)15-9-7-5-6-8-10-15/h13-17H,4-12H2,1-3H3. The number of nitrogens with one attached hydrogen (secondary N) is 1. The Morgan fingerprint density at radius 2 is 1.78 bits per heavy atom. The van der Waals surface area contributed by atoms with Crippen LogP contribution in [-0.2, 0) is 0 Å². The molecule has 18 heavy (non-hydrogen) atoms. The van der Waals surface area contributed by atoms with E-state index in [1.54, 1.807) is 0 Å². The third-order valence-electron chi connectivity index (χ3n) is 5.06. The summed E-state index contributed by atoms with van der Waals surface area (Å²) in [7, 11) is 0. The molecule has 1 aliphatic carbocycles. The Hall–Kier alpha value is -0.0800. The average Bonchev–Trinajstić information content (AvgIpc) is 2.66. The van der Waals surface area contributed by atoms with Crippen molar-refractivity contribution in [2.45, 2.75) is 83.8 Å². The van der Waals surface area contributed by atoms with Crippen LogP contribution >= 0.6 is 0 Å². The smallest absolute Gasteiger partial charge is 0.0221 e. The molecule has 2 nitrogen and oxygen atoms in total. The lowest BCUT2D eigenvalue weighted by atomic mass is 9.94. The highest BCUT2D eigenvalue weighted by Gasteiger charge is 2.32. The van der Waals surface area contributed by atoms with Crippen LogP contribution in [0.15, 0.2) is 0 Å². The zero-order chi connectivity index (χ0) is 13.0. The van der Waals surface area contributed by atoms with E-state index in [-0.39, 0.29) is 0 Å². The van der Waals surface area contributed by atoms with E-state index in [1.807, 2.05) is 0 Å². The van der Waals surface area contributed by atoms with E-state index in [0.717, 1.165) is 18.0 Å². The molecule has 0 amide bonds. The molecular formula is C16H32N2. The van der Waals surface area contributed by atoms with Crippen LogP contribution in [0.3, 0.4) is 0 Å². The second-order valence-electron chi connectivity index (χ2n) is 6.66. The third kappa shape index (κ3) is 3.48. The van der Waals surface area contributed by atoms with Crippen LogP contribution in [0.5, 0.6) is 0 Å². The lowest BCUT2D eigenvalue weighted by Crippen LogP contribution is -2.60. The Balaban J connectivity index is 2.00. The molecule has 106 valence electrons. The van der Waals surface area contributed by atoms with Crippen molar-refractivity contribution in [3.05, 3.63) is 0 Å². The highest BCUT2D eigenvalue weighted by Crippen LogP contribution is 2.26. The molecule has 0 aromatic heterocycles. The van der Waals surface area contributed by atoms with Crippen LogP contribution in [0, 0.1) is 5.92 Å². The Morgan fingerprint density at radius 3 is 2.33 bits per heavy atom. The maximum absolute atomic E-state index is 3.76. The Kier molecular flexibility index (Phi) is 5.50. The molecule has 2 atom stereocenters. The first-order valence-corrected chi connectivity index (χ1v) is 8.21. The average molecular weight is 252 g/mol. The SMILES string of the molecule is CCC1CNC(C(C)C)CN1C1CCCCCC1. The monoisotopic (exact) mass is 252 g/mol. The fourth-order valence-electron chi connectivity index (χ4n) is 3.71. The van der Waals surface area contributed by atoms with E-state index in [9.17, 15) is 0 Å². The molecule has 2 unspecified atom stereocenters. The van der Waals surface area contributed by atoms with E-state index < -0.39 is 0 Å². The van der Waals surface area contributed by atoms with Crippen LogP contribution in [0.25, 0.3) is 0 Å². The molecule has 2 heteroatoms. The minimum absolute atomic E-state index is 0.705. The van der Waals surface area contributed by atoms with Crippen LogP contribution in [0.1, 0.15) is 65.7 Å². The molecule has 1 aliphatic heterocycles. The van der Waals surface area contributed by atoms with E-state index in [4.69, 9.17) is 0 Å². The predicted molar refractivity (Wildman–Crippen MR) is 78.9 cm³/mol. The van der Waals surface area contributed by atoms with Gasteiger partial charge in [-0.15, -0.1) is 0 Å². The Labute approximate surface area is 114 Å².